The van der Waals surface area contributed by atoms with E-state index in [0.717, 1.165) is 0 Å². The van der Waals surface area contributed by atoms with Gasteiger partial charge in [0.25, 0.3) is 0 Å². The number of carboxylic acid groups (broad SMARTS) is 2. The third-order valence-electron chi connectivity index (χ3n) is 3.23. The smallest absolute Gasteiger partial charge is 0.329 e. The molecule has 8 nitrogen and oxygen atoms in total. The van der Waals surface area contributed by atoms with Crippen LogP contribution in [-0.2, 0) is 19.2 Å². The summed E-state index contributed by atoms with van der Waals surface area (Å²) >= 11 is 0. The van der Waals surface area contributed by atoms with E-state index >= 15 is 0 Å². The van der Waals surface area contributed by atoms with Crippen LogP contribution in [0.5, 0.6) is 0 Å². The quantitative estimate of drug-likeness (QED) is 0.450. The van der Waals surface area contributed by atoms with Gasteiger partial charge in [0.05, 0.1) is 0 Å². The van der Waals surface area contributed by atoms with Gasteiger partial charge >= 0.3 is 23.8 Å². The summed E-state index contributed by atoms with van der Waals surface area (Å²) in [5.74, 6) is -4.60. The molecule has 2 aliphatic rings. The van der Waals surface area contributed by atoms with Crippen molar-refractivity contribution in [3.63, 3.8) is 0 Å². The van der Waals surface area contributed by atoms with E-state index in [1.165, 1.54) is 0 Å². The lowest BCUT2D eigenvalue weighted by atomic mass is 10.2. The van der Waals surface area contributed by atoms with Crippen molar-refractivity contribution in [2.24, 2.45) is 0 Å². The van der Waals surface area contributed by atoms with Crippen molar-refractivity contribution in [3.05, 3.63) is 0 Å². The van der Waals surface area contributed by atoms with Crippen molar-refractivity contribution >= 4 is 23.8 Å². The lowest BCUT2D eigenvalue weighted by Gasteiger charge is -2.15. The number of carboxylic acids is 2. The van der Waals surface area contributed by atoms with Crippen molar-refractivity contribution in [1.29, 1.82) is 0 Å². The number of aliphatic carboxylic acids is 2. The molecule has 0 aliphatic heterocycles. The lowest BCUT2D eigenvalue weighted by molar-refractivity contribution is -0.148. The highest BCUT2D eigenvalue weighted by Gasteiger charge is 2.55. The molecule has 0 unspecified atom stereocenters. The van der Waals surface area contributed by atoms with Gasteiger partial charge < -0.3 is 20.8 Å². The first-order chi connectivity index (χ1) is 8.31. The number of hydrogen-bond donors (Lipinski definition) is 4. The molecular formula is C10H12N2O6. The molecule has 4 N–H and O–H groups in total. The number of amides is 2. The maximum atomic E-state index is 11.5. The minimum atomic E-state index is -1.35. The first kappa shape index (κ1) is 12.3. The van der Waals surface area contributed by atoms with Crippen molar-refractivity contribution < 1.29 is 29.4 Å². The van der Waals surface area contributed by atoms with E-state index in [2.05, 4.69) is 10.6 Å². The molecule has 0 aromatic heterocycles. The molecule has 2 fully saturated rings. The Morgan fingerprint density at radius 1 is 0.722 bits per heavy atom. The highest BCUT2D eigenvalue weighted by molar-refractivity contribution is 6.36. The van der Waals surface area contributed by atoms with Gasteiger partial charge in [-0.3, -0.25) is 9.59 Å². The standard InChI is InChI=1S/C10H12N2O6/c13-5(11-9(1-2-9)7(15)16)6(14)12-10(3-4-10)8(17)18/h1-4H2,(H,11,13)(H,12,14)(H,15,16)(H,17,18). The zero-order chi connectivity index (χ0) is 13.6. The third kappa shape index (κ3) is 2.01. The minimum absolute atomic E-state index is 0.269. The van der Waals surface area contributed by atoms with Crippen LogP contribution in [0.15, 0.2) is 0 Å². The molecular weight excluding hydrogens is 244 g/mol. The van der Waals surface area contributed by atoms with E-state index in [1.807, 2.05) is 0 Å². The molecule has 8 heteroatoms. The Hall–Kier alpha value is -2.12. The Morgan fingerprint density at radius 3 is 1.17 bits per heavy atom. The van der Waals surface area contributed by atoms with Gasteiger partial charge in [0.1, 0.15) is 11.1 Å². The SMILES string of the molecule is O=C(NC1(C(=O)O)CC1)C(=O)NC1(C(=O)O)CC1. The molecule has 2 saturated carbocycles. The van der Waals surface area contributed by atoms with Crippen molar-refractivity contribution in [3.8, 4) is 0 Å². The normalized spacial score (nSPS) is 21.6. The second-order valence-electron chi connectivity index (χ2n) is 4.68. The number of hydrogen-bond acceptors (Lipinski definition) is 4. The van der Waals surface area contributed by atoms with Crippen LogP contribution in [0, 0.1) is 0 Å². The Kier molecular flexibility index (Phi) is 2.53. The van der Waals surface area contributed by atoms with Crippen LogP contribution in [0.2, 0.25) is 0 Å². The predicted octanol–water partition coefficient (Wildman–Crippen LogP) is -1.55. The Bertz CT molecular complexity index is 407. The highest BCUT2D eigenvalue weighted by Crippen LogP contribution is 2.36. The van der Waals surface area contributed by atoms with Crippen LogP contribution in [0.25, 0.3) is 0 Å². The van der Waals surface area contributed by atoms with Crippen LogP contribution in [-0.4, -0.2) is 45.0 Å². The van der Waals surface area contributed by atoms with Gasteiger partial charge in [-0.05, 0) is 25.7 Å². The summed E-state index contributed by atoms with van der Waals surface area (Å²) in [6.07, 6.45) is 1.08. The molecule has 0 atom stereocenters. The summed E-state index contributed by atoms with van der Waals surface area (Å²) in [6, 6.07) is 0. The summed E-state index contributed by atoms with van der Waals surface area (Å²) < 4.78 is 0. The predicted molar refractivity (Wildman–Crippen MR) is 55.5 cm³/mol. The van der Waals surface area contributed by atoms with Gasteiger partial charge in [0, 0.05) is 0 Å². The summed E-state index contributed by atoms with van der Waals surface area (Å²) in [5, 5.41) is 21.9. The largest absolute Gasteiger partial charge is 0.480 e. The van der Waals surface area contributed by atoms with Crippen molar-refractivity contribution in [2.75, 3.05) is 0 Å². The van der Waals surface area contributed by atoms with Gasteiger partial charge in [0.15, 0.2) is 0 Å². The molecule has 18 heavy (non-hydrogen) atoms. The Labute approximate surface area is 101 Å². The van der Waals surface area contributed by atoms with Crippen LogP contribution in [0.1, 0.15) is 25.7 Å². The van der Waals surface area contributed by atoms with Gasteiger partial charge in [-0.25, -0.2) is 9.59 Å². The maximum absolute atomic E-state index is 11.5. The zero-order valence-electron chi connectivity index (χ0n) is 9.36. The minimum Gasteiger partial charge on any atom is -0.480 e. The van der Waals surface area contributed by atoms with Crippen LogP contribution in [0.4, 0.5) is 0 Å². The molecule has 0 saturated heterocycles. The monoisotopic (exact) mass is 256 g/mol. The summed E-state index contributed by atoms with van der Waals surface area (Å²) in [5.41, 5.74) is -2.71. The fraction of sp³-hybridized carbons (Fsp3) is 0.600. The summed E-state index contributed by atoms with van der Waals surface area (Å²) in [4.78, 5) is 44.5. The van der Waals surface area contributed by atoms with Crippen molar-refractivity contribution in [1.82, 2.24) is 10.6 Å². The fourth-order valence-electron chi connectivity index (χ4n) is 1.58. The number of carbonyl (C=O) groups excluding carboxylic acids is 2. The third-order valence-corrected chi connectivity index (χ3v) is 3.23. The van der Waals surface area contributed by atoms with Crippen LogP contribution < -0.4 is 10.6 Å². The van der Waals surface area contributed by atoms with Crippen LogP contribution in [0.3, 0.4) is 0 Å². The average molecular weight is 256 g/mol. The summed E-state index contributed by atoms with van der Waals surface area (Å²) in [6.45, 7) is 0. The number of carbonyl (C=O) groups is 4. The first-order valence-electron chi connectivity index (χ1n) is 5.43. The molecule has 0 heterocycles. The average Bonchev–Trinajstić information content (AvgIpc) is 3.13. The van der Waals surface area contributed by atoms with Crippen molar-refractivity contribution in [2.45, 2.75) is 36.8 Å². The van der Waals surface area contributed by atoms with E-state index < -0.39 is 34.8 Å². The molecule has 0 aromatic rings. The Balaban J connectivity index is 1.92. The summed E-state index contributed by atoms with van der Waals surface area (Å²) in [7, 11) is 0. The van der Waals surface area contributed by atoms with Gasteiger partial charge in [-0.2, -0.15) is 0 Å². The molecule has 98 valence electrons. The number of rotatable bonds is 4. The fourth-order valence-corrected chi connectivity index (χ4v) is 1.58. The zero-order valence-corrected chi connectivity index (χ0v) is 9.36. The van der Waals surface area contributed by atoms with Gasteiger partial charge in [0.2, 0.25) is 0 Å². The van der Waals surface area contributed by atoms with E-state index in [4.69, 9.17) is 10.2 Å². The molecule has 0 aromatic carbocycles. The molecule has 2 rings (SSSR count). The van der Waals surface area contributed by atoms with E-state index in [0.29, 0.717) is 0 Å². The molecule has 2 amide bonds. The maximum Gasteiger partial charge on any atom is 0.329 e. The topological polar surface area (TPSA) is 133 Å². The molecule has 0 radical (unpaired) electrons. The van der Waals surface area contributed by atoms with E-state index in [1.54, 1.807) is 0 Å². The Morgan fingerprint density at radius 2 is 1.00 bits per heavy atom. The molecule has 2 aliphatic carbocycles. The van der Waals surface area contributed by atoms with Gasteiger partial charge in [-0.1, -0.05) is 0 Å². The van der Waals surface area contributed by atoms with Gasteiger partial charge in [-0.15, -0.1) is 0 Å². The van der Waals surface area contributed by atoms with Crippen LogP contribution >= 0.6 is 0 Å². The van der Waals surface area contributed by atoms with E-state index in [9.17, 15) is 19.2 Å². The first-order valence-corrected chi connectivity index (χ1v) is 5.43. The lowest BCUT2D eigenvalue weighted by Crippen LogP contribution is -2.53. The highest BCUT2D eigenvalue weighted by atomic mass is 16.4. The molecule has 0 bridgehead atoms. The second kappa shape index (κ2) is 3.69. The van der Waals surface area contributed by atoms with E-state index in [-0.39, 0.29) is 25.7 Å². The second-order valence-corrected chi connectivity index (χ2v) is 4.68. The number of nitrogens with one attached hydrogen (secondary N) is 2. The molecule has 0 spiro atoms.